The summed E-state index contributed by atoms with van der Waals surface area (Å²) in [6, 6.07) is 0.263. The van der Waals surface area contributed by atoms with Crippen molar-refractivity contribution in [1.29, 1.82) is 0 Å². The summed E-state index contributed by atoms with van der Waals surface area (Å²) in [5.41, 5.74) is 1.21. The Morgan fingerprint density at radius 1 is 1.25 bits per heavy atom. The van der Waals surface area contributed by atoms with Crippen molar-refractivity contribution in [2.75, 3.05) is 6.54 Å². The molecule has 0 bridgehead atoms. The smallest absolute Gasteiger partial charge is 0.333 e. The number of nitrogens with one attached hydrogen (secondary N) is 2. The van der Waals surface area contributed by atoms with E-state index in [9.17, 15) is 18.4 Å². The first-order valence-electron chi connectivity index (χ1n) is 8.27. The van der Waals surface area contributed by atoms with Gasteiger partial charge in [0.1, 0.15) is 0 Å². The number of rotatable bonds is 7. The fourth-order valence-electron chi connectivity index (χ4n) is 3.05. The van der Waals surface area contributed by atoms with Crippen LogP contribution in [0, 0.1) is 13.8 Å². The lowest BCUT2D eigenvalue weighted by molar-refractivity contribution is -0.122. The third-order valence-electron chi connectivity index (χ3n) is 4.39. The van der Waals surface area contributed by atoms with Gasteiger partial charge in [-0.05, 0) is 26.7 Å². The van der Waals surface area contributed by atoms with Crippen molar-refractivity contribution >= 4 is 11.8 Å². The number of aromatic nitrogens is 2. The average molecular weight is 342 g/mol. The van der Waals surface area contributed by atoms with E-state index in [2.05, 4.69) is 15.7 Å². The van der Waals surface area contributed by atoms with E-state index in [1.807, 2.05) is 0 Å². The maximum Gasteiger partial charge on any atom is 0.333 e. The van der Waals surface area contributed by atoms with Gasteiger partial charge < -0.3 is 10.6 Å². The summed E-state index contributed by atoms with van der Waals surface area (Å²) >= 11 is 0. The van der Waals surface area contributed by atoms with Crippen LogP contribution in [0.1, 0.15) is 55.6 Å². The molecule has 1 aliphatic rings. The Kier molecular flexibility index (Phi) is 6.28. The molecule has 1 aliphatic carbocycles. The number of hydrogen-bond donors (Lipinski definition) is 2. The molecule has 0 spiro atoms. The van der Waals surface area contributed by atoms with E-state index < -0.39 is 6.55 Å². The van der Waals surface area contributed by atoms with Crippen molar-refractivity contribution in [2.24, 2.45) is 0 Å². The second-order valence-electron chi connectivity index (χ2n) is 6.20. The van der Waals surface area contributed by atoms with Gasteiger partial charge in [0.05, 0.1) is 12.1 Å². The molecule has 1 saturated carbocycles. The van der Waals surface area contributed by atoms with Crippen LogP contribution in [0.3, 0.4) is 0 Å². The van der Waals surface area contributed by atoms with Crippen LogP contribution in [0.4, 0.5) is 8.78 Å². The van der Waals surface area contributed by atoms with Crippen LogP contribution in [0.2, 0.25) is 0 Å². The minimum absolute atomic E-state index is 0.0192. The fourth-order valence-corrected chi connectivity index (χ4v) is 3.05. The number of carbonyl (C=O) groups is 2. The van der Waals surface area contributed by atoms with Gasteiger partial charge in [-0.3, -0.25) is 9.59 Å². The summed E-state index contributed by atoms with van der Waals surface area (Å²) in [4.78, 5) is 23.7. The van der Waals surface area contributed by atoms with Gasteiger partial charge >= 0.3 is 6.55 Å². The summed E-state index contributed by atoms with van der Waals surface area (Å²) in [5, 5.41) is 9.36. The van der Waals surface area contributed by atoms with Crippen LogP contribution >= 0.6 is 0 Å². The van der Waals surface area contributed by atoms with Gasteiger partial charge in [0.15, 0.2) is 0 Å². The van der Waals surface area contributed by atoms with Crippen LogP contribution in [-0.2, 0) is 16.0 Å². The third-order valence-corrected chi connectivity index (χ3v) is 4.39. The van der Waals surface area contributed by atoms with Crippen molar-refractivity contribution in [3.05, 3.63) is 17.0 Å². The van der Waals surface area contributed by atoms with E-state index in [0.717, 1.165) is 25.7 Å². The summed E-state index contributed by atoms with van der Waals surface area (Å²) < 4.78 is 26.2. The number of hydrogen-bond acceptors (Lipinski definition) is 3. The Balaban J connectivity index is 1.76. The van der Waals surface area contributed by atoms with Crippen LogP contribution in [0.15, 0.2) is 0 Å². The highest BCUT2D eigenvalue weighted by Crippen LogP contribution is 2.19. The summed E-state index contributed by atoms with van der Waals surface area (Å²) in [5.74, 6) is -0.372. The van der Waals surface area contributed by atoms with Gasteiger partial charge in [0.2, 0.25) is 11.8 Å². The number of halogens is 2. The Morgan fingerprint density at radius 3 is 2.50 bits per heavy atom. The maximum atomic E-state index is 12.8. The SMILES string of the molecule is Cc1nn(C(F)F)c(C)c1CC(=O)NCCC(=O)NC1CCCC1. The van der Waals surface area contributed by atoms with E-state index in [-0.39, 0.29) is 42.9 Å². The van der Waals surface area contributed by atoms with Crippen molar-refractivity contribution in [2.45, 2.75) is 65.0 Å². The predicted molar refractivity (Wildman–Crippen MR) is 84.7 cm³/mol. The maximum absolute atomic E-state index is 12.8. The molecule has 0 atom stereocenters. The predicted octanol–water partition coefficient (Wildman–Crippen LogP) is 2.00. The Hall–Kier alpha value is -1.99. The third kappa shape index (κ3) is 4.75. The molecule has 134 valence electrons. The van der Waals surface area contributed by atoms with Crippen LogP contribution < -0.4 is 10.6 Å². The molecule has 6 nitrogen and oxygen atoms in total. The molecule has 0 unspecified atom stereocenters. The normalized spacial score (nSPS) is 15.0. The Morgan fingerprint density at radius 2 is 1.92 bits per heavy atom. The van der Waals surface area contributed by atoms with Gasteiger partial charge in [0, 0.05) is 30.3 Å². The van der Waals surface area contributed by atoms with E-state index >= 15 is 0 Å². The van der Waals surface area contributed by atoms with E-state index in [0.29, 0.717) is 15.9 Å². The molecular formula is C16H24F2N4O2. The fraction of sp³-hybridized carbons (Fsp3) is 0.688. The lowest BCUT2D eigenvalue weighted by Gasteiger charge is -2.12. The number of aryl methyl sites for hydroxylation is 1. The zero-order valence-corrected chi connectivity index (χ0v) is 14.1. The Bertz CT molecular complexity index is 595. The van der Waals surface area contributed by atoms with Gasteiger partial charge in [-0.25, -0.2) is 4.68 Å². The largest absolute Gasteiger partial charge is 0.355 e. The summed E-state index contributed by atoms with van der Waals surface area (Å²) in [6.45, 7) is 0.631. The van der Waals surface area contributed by atoms with Crippen molar-refractivity contribution in [3.8, 4) is 0 Å². The van der Waals surface area contributed by atoms with Gasteiger partial charge in [-0.2, -0.15) is 13.9 Å². The number of carbonyl (C=O) groups excluding carboxylic acids is 2. The summed E-state index contributed by atoms with van der Waals surface area (Å²) in [6.07, 6.45) is 4.53. The monoisotopic (exact) mass is 342 g/mol. The number of amides is 2. The molecule has 0 aliphatic heterocycles. The molecule has 1 heterocycles. The highest BCUT2D eigenvalue weighted by Gasteiger charge is 2.20. The molecule has 2 amide bonds. The Labute approximate surface area is 140 Å². The molecule has 2 rings (SSSR count). The highest BCUT2D eigenvalue weighted by molar-refractivity contribution is 5.80. The van der Waals surface area contributed by atoms with E-state index in [1.54, 1.807) is 6.92 Å². The first-order valence-corrected chi connectivity index (χ1v) is 8.27. The van der Waals surface area contributed by atoms with Crippen LogP contribution in [-0.4, -0.2) is 34.2 Å². The lowest BCUT2D eigenvalue weighted by Crippen LogP contribution is -2.36. The minimum Gasteiger partial charge on any atom is -0.355 e. The zero-order chi connectivity index (χ0) is 17.7. The molecule has 0 radical (unpaired) electrons. The molecular weight excluding hydrogens is 318 g/mol. The van der Waals surface area contributed by atoms with E-state index in [4.69, 9.17) is 0 Å². The first kappa shape index (κ1) is 18.4. The first-order chi connectivity index (χ1) is 11.4. The van der Waals surface area contributed by atoms with E-state index in [1.165, 1.54) is 6.92 Å². The molecule has 1 aromatic rings. The highest BCUT2D eigenvalue weighted by atomic mass is 19.3. The van der Waals surface area contributed by atoms with Gasteiger partial charge in [0.25, 0.3) is 0 Å². The average Bonchev–Trinajstić information content (AvgIpc) is 3.10. The molecule has 8 heteroatoms. The molecule has 0 aromatic carbocycles. The minimum atomic E-state index is -2.72. The lowest BCUT2D eigenvalue weighted by atomic mass is 10.1. The zero-order valence-electron chi connectivity index (χ0n) is 14.1. The number of alkyl halides is 2. The summed E-state index contributed by atoms with van der Waals surface area (Å²) in [7, 11) is 0. The molecule has 24 heavy (non-hydrogen) atoms. The molecule has 0 saturated heterocycles. The second kappa shape index (κ2) is 8.21. The van der Waals surface area contributed by atoms with Crippen LogP contribution in [0.25, 0.3) is 0 Å². The topological polar surface area (TPSA) is 76.0 Å². The van der Waals surface area contributed by atoms with Gasteiger partial charge in [-0.1, -0.05) is 12.8 Å². The second-order valence-corrected chi connectivity index (χ2v) is 6.20. The van der Waals surface area contributed by atoms with Crippen molar-refractivity contribution < 1.29 is 18.4 Å². The standard InChI is InChI=1S/C16H24F2N4O2/c1-10-13(11(2)22(21-10)16(17)18)9-15(24)19-8-7-14(23)20-12-5-3-4-6-12/h12,16H,3-9H2,1-2H3,(H,19,24)(H,20,23). The quantitative estimate of drug-likeness (QED) is 0.796. The van der Waals surface area contributed by atoms with Gasteiger partial charge in [-0.15, -0.1) is 0 Å². The molecule has 2 N–H and O–H groups in total. The van der Waals surface area contributed by atoms with Crippen molar-refractivity contribution in [1.82, 2.24) is 20.4 Å². The number of nitrogens with zero attached hydrogens (tertiary/aromatic N) is 2. The molecule has 1 aromatic heterocycles. The van der Waals surface area contributed by atoms with Crippen molar-refractivity contribution in [3.63, 3.8) is 0 Å². The molecule has 1 fully saturated rings. The van der Waals surface area contributed by atoms with Crippen LogP contribution in [0.5, 0.6) is 0 Å².